The van der Waals surface area contributed by atoms with Crippen molar-refractivity contribution in [3.63, 3.8) is 0 Å². The minimum Gasteiger partial charge on any atom is -0.399 e. The maximum absolute atomic E-state index is 14.0. The second-order valence-electron chi connectivity index (χ2n) is 4.89. The van der Waals surface area contributed by atoms with Crippen LogP contribution in [-0.2, 0) is 19.9 Å². The van der Waals surface area contributed by atoms with Crippen LogP contribution < -0.4 is 5.73 Å². The molecule has 2 N–H and O–H groups in total. The van der Waals surface area contributed by atoms with E-state index in [2.05, 4.69) is 0 Å². The molecule has 1 saturated heterocycles. The first-order valence-corrected chi connectivity index (χ1v) is 9.65. The molecule has 0 bridgehead atoms. The number of anilines is 1. The van der Waals surface area contributed by atoms with E-state index in [0.717, 1.165) is 16.4 Å². The zero-order valence-corrected chi connectivity index (χ0v) is 13.5. The van der Waals surface area contributed by atoms with Crippen LogP contribution >= 0.6 is 11.6 Å². The number of sulfone groups is 1. The van der Waals surface area contributed by atoms with Gasteiger partial charge in [-0.1, -0.05) is 11.6 Å². The lowest BCUT2D eigenvalue weighted by Gasteiger charge is -2.32. The number of benzene rings is 1. The summed E-state index contributed by atoms with van der Waals surface area (Å²) in [5.74, 6) is -1.69. The maximum atomic E-state index is 14.0. The summed E-state index contributed by atoms with van der Waals surface area (Å²) in [6.07, 6.45) is 0. The third kappa shape index (κ3) is 3.15. The number of nitrogens with two attached hydrogens (primary N) is 1. The number of halogens is 2. The van der Waals surface area contributed by atoms with E-state index in [9.17, 15) is 21.2 Å². The van der Waals surface area contributed by atoms with Crippen LogP contribution in [0.2, 0.25) is 5.02 Å². The van der Waals surface area contributed by atoms with Crippen LogP contribution in [-0.4, -0.2) is 45.2 Å². The van der Waals surface area contributed by atoms with Crippen molar-refractivity contribution in [3.05, 3.63) is 23.0 Å². The average molecular weight is 357 g/mol. The summed E-state index contributed by atoms with van der Waals surface area (Å²) in [6.45, 7) is 1.23. The van der Waals surface area contributed by atoms with Gasteiger partial charge in [0.1, 0.15) is 4.90 Å². The van der Waals surface area contributed by atoms with E-state index >= 15 is 0 Å². The van der Waals surface area contributed by atoms with Crippen LogP contribution in [0.4, 0.5) is 10.1 Å². The molecule has 2 rings (SSSR count). The second-order valence-corrected chi connectivity index (χ2v) is 9.39. The Kier molecular flexibility index (Phi) is 4.22. The molecule has 21 heavy (non-hydrogen) atoms. The number of rotatable bonds is 2. The van der Waals surface area contributed by atoms with Crippen molar-refractivity contribution in [2.24, 2.45) is 0 Å². The molecular weight excluding hydrogens is 343 g/mol. The number of hydrogen-bond acceptors (Lipinski definition) is 5. The SMILES string of the molecule is CC1CS(=O)(=O)CCN1S(=O)(=O)c1cc(N)cc(Cl)c1F. The van der Waals surface area contributed by atoms with Gasteiger partial charge in [0.05, 0.1) is 16.5 Å². The maximum Gasteiger partial charge on any atom is 0.246 e. The standard InChI is InChI=1S/C11H14ClFN2O4S2/c1-7-6-20(16,17)3-2-15(7)21(18,19)10-5-8(14)4-9(12)11(10)13/h4-5,7H,2-3,6,14H2,1H3. The number of sulfonamides is 1. The van der Waals surface area contributed by atoms with Gasteiger partial charge in [0.15, 0.2) is 15.7 Å². The van der Waals surface area contributed by atoms with Crippen LogP contribution in [0.15, 0.2) is 17.0 Å². The van der Waals surface area contributed by atoms with Gasteiger partial charge in [0.25, 0.3) is 0 Å². The third-order valence-electron chi connectivity index (χ3n) is 3.21. The summed E-state index contributed by atoms with van der Waals surface area (Å²) < 4.78 is 63.0. The van der Waals surface area contributed by atoms with E-state index in [4.69, 9.17) is 17.3 Å². The molecule has 0 saturated carbocycles. The van der Waals surface area contributed by atoms with Crippen molar-refractivity contribution < 1.29 is 21.2 Å². The first-order valence-electron chi connectivity index (χ1n) is 6.01. The van der Waals surface area contributed by atoms with E-state index in [1.807, 2.05) is 0 Å². The van der Waals surface area contributed by atoms with Gasteiger partial charge in [0, 0.05) is 18.3 Å². The molecule has 0 amide bonds. The van der Waals surface area contributed by atoms with Gasteiger partial charge < -0.3 is 5.73 Å². The lowest BCUT2D eigenvalue weighted by Crippen LogP contribution is -2.49. The summed E-state index contributed by atoms with van der Waals surface area (Å²) in [5, 5.41) is -0.397. The highest BCUT2D eigenvalue weighted by atomic mass is 35.5. The Morgan fingerprint density at radius 3 is 2.62 bits per heavy atom. The first kappa shape index (κ1) is 16.5. The van der Waals surface area contributed by atoms with Gasteiger partial charge in [-0.25, -0.2) is 21.2 Å². The minimum atomic E-state index is -4.21. The molecule has 118 valence electrons. The summed E-state index contributed by atoms with van der Waals surface area (Å²) in [6, 6.07) is 1.31. The number of nitrogens with zero attached hydrogens (tertiary/aromatic N) is 1. The molecule has 6 nitrogen and oxygen atoms in total. The van der Waals surface area contributed by atoms with E-state index in [1.165, 1.54) is 6.92 Å². The van der Waals surface area contributed by atoms with Gasteiger partial charge in [-0.15, -0.1) is 0 Å². The molecule has 1 heterocycles. The normalized spacial score (nSPS) is 23.1. The summed E-state index contributed by atoms with van der Waals surface area (Å²) in [7, 11) is -7.49. The second kappa shape index (κ2) is 5.38. The van der Waals surface area contributed by atoms with Crippen molar-refractivity contribution in [3.8, 4) is 0 Å². The smallest absolute Gasteiger partial charge is 0.246 e. The molecular formula is C11H14ClFN2O4S2. The van der Waals surface area contributed by atoms with Crippen LogP contribution in [0.1, 0.15) is 6.92 Å². The molecule has 10 heteroatoms. The van der Waals surface area contributed by atoms with Gasteiger partial charge in [-0.3, -0.25) is 0 Å². The molecule has 1 aromatic rings. The fraction of sp³-hybridized carbons (Fsp3) is 0.455. The van der Waals surface area contributed by atoms with Crippen LogP contribution in [0.3, 0.4) is 0 Å². The zero-order chi connectivity index (χ0) is 16.0. The van der Waals surface area contributed by atoms with Crippen LogP contribution in [0.5, 0.6) is 0 Å². The summed E-state index contributed by atoms with van der Waals surface area (Å²) in [4.78, 5) is -0.640. The first-order chi connectivity index (χ1) is 9.54. The molecule has 0 radical (unpaired) electrons. The van der Waals surface area contributed by atoms with E-state index in [0.29, 0.717) is 0 Å². The van der Waals surface area contributed by atoms with Crippen molar-refractivity contribution >= 4 is 37.1 Å². The van der Waals surface area contributed by atoms with Crippen molar-refractivity contribution in [1.82, 2.24) is 4.31 Å². The molecule has 1 atom stereocenters. The highest BCUT2D eigenvalue weighted by molar-refractivity contribution is 7.92. The van der Waals surface area contributed by atoms with Gasteiger partial charge in [-0.05, 0) is 19.1 Å². The van der Waals surface area contributed by atoms with Gasteiger partial charge >= 0.3 is 0 Å². The lowest BCUT2D eigenvalue weighted by molar-refractivity contribution is 0.355. The molecule has 1 fully saturated rings. The fourth-order valence-electron chi connectivity index (χ4n) is 2.24. The predicted molar refractivity (Wildman–Crippen MR) is 77.8 cm³/mol. The van der Waals surface area contributed by atoms with Crippen molar-refractivity contribution in [2.45, 2.75) is 17.9 Å². The van der Waals surface area contributed by atoms with Crippen molar-refractivity contribution in [1.29, 1.82) is 0 Å². The monoisotopic (exact) mass is 356 g/mol. The molecule has 1 unspecified atom stereocenters. The highest BCUT2D eigenvalue weighted by Crippen LogP contribution is 2.30. The Labute approximate surface area is 127 Å². The Morgan fingerprint density at radius 2 is 2.05 bits per heavy atom. The van der Waals surface area contributed by atoms with E-state index in [1.54, 1.807) is 0 Å². The average Bonchev–Trinajstić information content (AvgIpc) is 2.31. The predicted octanol–water partition coefficient (Wildman–Crippen LogP) is 0.869. The van der Waals surface area contributed by atoms with Crippen molar-refractivity contribution in [2.75, 3.05) is 23.8 Å². The molecule has 1 aliphatic rings. The third-order valence-corrected chi connectivity index (χ3v) is 7.30. The van der Waals surface area contributed by atoms with Gasteiger partial charge in [-0.2, -0.15) is 4.31 Å². The van der Waals surface area contributed by atoms with Crippen LogP contribution in [0, 0.1) is 5.82 Å². The number of hydrogen-bond donors (Lipinski definition) is 1. The minimum absolute atomic E-state index is 0.0114. The van der Waals surface area contributed by atoms with Crippen LogP contribution in [0.25, 0.3) is 0 Å². The van der Waals surface area contributed by atoms with Gasteiger partial charge in [0.2, 0.25) is 10.0 Å². The Bertz CT molecular complexity index is 780. The Hall–Kier alpha value is -0.900. The largest absolute Gasteiger partial charge is 0.399 e. The van der Waals surface area contributed by atoms with E-state index in [-0.39, 0.29) is 23.7 Å². The molecule has 0 aromatic heterocycles. The molecule has 0 spiro atoms. The topological polar surface area (TPSA) is 97.5 Å². The fourth-order valence-corrected chi connectivity index (χ4v) is 6.04. The molecule has 1 aromatic carbocycles. The Morgan fingerprint density at radius 1 is 1.43 bits per heavy atom. The Balaban J connectivity index is 2.49. The lowest BCUT2D eigenvalue weighted by atomic mass is 10.3. The quantitative estimate of drug-likeness (QED) is 0.793. The van der Waals surface area contributed by atoms with E-state index < -0.39 is 41.6 Å². The zero-order valence-electron chi connectivity index (χ0n) is 11.1. The summed E-state index contributed by atoms with van der Waals surface area (Å²) in [5.41, 5.74) is 5.51. The highest BCUT2D eigenvalue weighted by Gasteiger charge is 2.38. The number of nitrogen functional groups attached to an aromatic ring is 1. The molecule has 1 aliphatic heterocycles. The molecule has 0 aliphatic carbocycles. The summed E-state index contributed by atoms with van der Waals surface area (Å²) >= 11 is 5.61.